The van der Waals surface area contributed by atoms with Crippen LogP contribution in [0.5, 0.6) is 0 Å². The van der Waals surface area contributed by atoms with Gasteiger partial charge in [0.15, 0.2) is 0 Å². The number of hydrogen-bond donors (Lipinski definition) is 1. The van der Waals surface area contributed by atoms with Crippen molar-refractivity contribution in [3.63, 3.8) is 0 Å². The van der Waals surface area contributed by atoms with Gasteiger partial charge in [-0.15, -0.1) is 0 Å². The van der Waals surface area contributed by atoms with Crippen molar-refractivity contribution in [1.82, 2.24) is 5.32 Å². The summed E-state index contributed by atoms with van der Waals surface area (Å²) < 4.78 is 26.4. The maximum absolute atomic E-state index is 13.4. The second kappa shape index (κ2) is 2.78. The SMILES string of the molecule is O=C1NC(c2cc(F)ccc2F)C2CC12. The van der Waals surface area contributed by atoms with Gasteiger partial charge in [0.05, 0.1) is 6.04 Å². The van der Waals surface area contributed by atoms with Crippen molar-refractivity contribution in [2.24, 2.45) is 11.8 Å². The summed E-state index contributed by atoms with van der Waals surface area (Å²) in [7, 11) is 0. The largest absolute Gasteiger partial charge is 0.349 e. The maximum Gasteiger partial charge on any atom is 0.223 e. The quantitative estimate of drug-likeness (QED) is 0.750. The molecule has 15 heavy (non-hydrogen) atoms. The monoisotopic (exact) mass is 209 g/mol. The van der Waals surface area contributed by atoms with Gasteiger partial charge in [0.1, 0.15) is 11.6 Å². The first kappa shape index (κ1) is 8.83. The molecule has 3 rings (SSSR count). The summed E-state index contributed by atoms with van der Waals surface area (Å²) in [6.07, 6.45) is 0.798. The molecule has 3 unspecified atom stereocenters. The molecule has 0 bridgehead atoms. The lowest BCUT2D eigenvalue weighted by molar-refractivity contribution is -0.121. The van der Waals surface area contributed by atoms with E-state index in [2.05, 4.69) is 5.32 Å². The van der Waals surface area contributed by atoms with Crippen LogP contribution in [0.2, 0.25) is 0 Å². The van der Waals surface area contributed by atoms with Crippen LogP contribution in [0.1, 0.15) is 18.0 Å². The molecule has 1 aliphatic carbocycles. The average molecular weight is 209 g/mol. The van der Waals surface area contributed by atoms with Gasteiger partial charge in [-0.1, -0.05) is 0 Å². The standard InChI is InChI=1S/C11H9F2NO/c12-5-1-2-9(13)8(3-5)10-6-4-7(6)11(15)14-10/h1-3,6-7,10H,4H2,(H,14,15). The van der Waals surface area contributed by atoms with Crippen LogP contribution < -0.4 is 5.32 Å². The number of amides is 1. The number of carbonyl (C=O) groups excluding carboxylic acids is 1. The van der Waals surface area contributed by atoms with E-state index in [-0.39, 0.29) is 29.3 Å². The smallest absolute Gasteiger partial charge is 0.223 e. The van der Waals surface area contributed by atoms with Gasteiger partial charge >= 0.3 is 0 Å². The lowest BCUT2D eigenvalue weighted by atomic mass is 10.0. The average Bonchev–Trinajstić information content (AvgIpc) is 2.93. The highest BCUT2D eigenvalue weighted by molar-refractivity contribution is 5.85. The van der Waals surface area contributed by atoms with Gasteiger partial charge in [0, 0.05) is 11.5 Å². The molecule has 0 aromatic heterocycles. The summed E-state index contributed by atoms with van der Waals surface area (Å²) in [5.74, 6) is -0.765. The number of fused-ring (bicyclic) bond motifs is 1. The summed E-state index contributed by atoms with van der Waals surface area (Å²) >= 11 is 0. The van der Waals surface area contributed by atoms with E-state index in [1.165, 1.54) is 6.07 Å². The zero-order valence-corrected chi connectivity index (χ0v) is 7.84. The van der Waals surface area contributed by atoms with E-state index in [0.29, 0.717) is 0 Å². The second-order valence-corrected chi connectivity index (χ2v) is 4.16. The van der Waals surface area contributed by atoms with E-state index in [4.69, 9.17) is 0 Å². The Balaban J connectivity index is 1.99. The van der Waals surface area contributed by atoms with Crippen molar-refractivity contribution in [2.45, 2.75) is 12.5 Å². The highest BCUT2D eigenvalue weighted by Crippen LogP contribution is 2.52. The Morgan fingerprint density at radius 2 is 2.13 bits per heavy atom. The van der Waals surface area contributed by atoms with Crippen LogP contribution >= 0.6 is 0 Å². The van der Waals surface area contributed by atoms with Crippen LogP contribution in [0.4, 0.5) is 8.78 Å². The van der Waals surface area contributed by atoms with Gasteiger partial charge < -0.3 is 5.32 Å². The van der Waals surface area contributed by atoms with Crippen LogP contribution in [0, 0.1) is 23.5 Å². The van der Waals surface area contributed by atoms with E-state index < -0.39 is 11.6 Å². The molecule has 1 aromatic rings. The molecule has 1 N–H and O–H groups in total. The Bertz CT molecular complexity index is 446. The third-order valence-corrected chi connectivity index (χ3v) is 3.20. The number of nitrogens with one attached hydrogen (secondary N) is 1. The zero-order valence-electron chi connectivity index (χ0n) is 7.84. The molecule has 0 spiro atoms. The van der Waals surface area contributed by atoms with E-state index in [0.717, 1.165) is 18.6 Å². The normalized spacial score (nSPS) is 32.4. The summed E-state index contributed by atoms with van der Waals surface area (Å²) in [5.41, 5.74) is 0.272. The first-order valence-corrected chi connectivity index (χ1v) is 4.92. The van der Waals surface area contributed by atoms with Crippen LogP contribution in [-0.2, 0) is 4.79 Å². The Labute approximate surface area is 85.3 Å². The molecule has 4 heteroatoms. The fourth-order valence-electron chi connectivity index (χ4n) is 2.31. The Hall–Kier alpha value is -1.45. The fourth-order valence-corrected chi connectivity index (χ4v) is 2.31. The van der Waals surface area contributed by atoms with Gasteiger partial charge in [-0.3, -0.25) is 4.79 Å². The Kier molecular flexibility index (Phi) is 1.63. The molecule has 1 aliphatic heterocycles. The van der Waals surface area contributed by atoms with Crippen LogP contribution in [0.15, 0.2) is 18.2 Å². The Morgan fingerprint density at radius 1 is 1.33 bits per heavy atom. The van der Waals surface area contributed by atoms with E-state index in [1.807, 2.05) is 0 Å². The molecule has 2 fully saturated rings. The third-order valence-electron chi connectivity index (χ3n) is 3.20. The van der Waals surface area contributed by atoms with Crippen molar-refractivity contribution in [3.8, 4) is 0 Å². The minimum Gasteiger partial charge on any atom is -0.349 e. The molecule has 1 saturated heterocycles. The van der Waals surface area contributed by atoms with Gasteiger partial charge in [0.2, 0.25) is 5.91 Å². The fraction of sp³-hybridized carbons (Fsp3) is 0.364. The summed E-state index contributed by atoms with van der Waals surface area (Å²) in [4.78, 5) is 11.3. The van der Waals surface area contributed by atoms with Crippen molar-refractivity contribution in [2.75, 3.05) is 0 Å². The second-order valence-electron chi connectivity index (χ2n) is 4.16. The van der Waals surface area contributed by atoms with Crippen molar-refractivity contribution in [3.05, 3.63) is 35.4 Å². The molecule has 1 saturated carbocycles. The minimum absolute atomic E-state index is 0.0256. The number of rotatable bonds is 1. The molecule has 2 nitrogen and oxygen atoms in total. The summed E-state index contributed by atoms with van der Waals surface area (Å²) in [6, 6.07) is 3.02. The first-order valence-electron chi connectivity index (χ1n) is 4.92. The minimum atomic E-state index is -0.468. The number of carbonyl (C=O) groups is 1. The lowest BCUT2D eigenvalue weighted by Crippen LogP contribution is -2.24. The number of hydrogen-bond acceptors (Lipinski definition) is 1. The van der Waals surface area contributed by atoms with Crippen molar-refractivity contribution < 1.29 is 13.6 Å². The van der Waals surface area contributed by atoms with E-state index in [9.17, 15) is 13.6 Å². The highest BCUT2D eigenvalue weighted by Gasteiger charge is 2.55. The van der Waals surface area contributed by atoms with Crippen LogP contribution in [0.25, 0.3) is 0 Å². The first-order chi connectivity index (χ1) is 7.16. The van der Waals surface area contributed by atoms with Gasteiger partial charge in [-0.2, -0.15) is 0 Å². The summed E-state index contributed by atoms with van der Waals surface area (Å²) in [6.45, 7) is 0. The number of piperidine rings is 1. The molecular weight excluding hydrogens is 200 g/mol. The predicted molar refractivity (Wildman–Crippen MR) is 48.8 cm³/mol. The van der Waals surface area contributed by atoms with Crippen molar-refractivity contribution >= 4 is 5.91 Å². The van der Waals surface area contributed by atoms with E-state index in [1.54, 1.807) is 0 Å². The topological polar surface area (TPSA) is 29.1 Å². The lowest BCUT2D eigenvalue weighted by Gasteiger charge is -2.14. The molecule has 0 radical (unpaired) electrons. The molecular formula is C11H9F2NO. The molecule has 3 atom stereocenters. The van der Waals surface area contributed by atoms with Gasteiger partial charge in [0.25, 0.3) is 0 Å². The van der Waals surface area contributed by atoms with Crippen molar-refractivity contribution in [1.29, 1.82) is 0 Å². The van der Waals surface area contributed by atoms with Gasteiger partial charge in [-0.25, -0.2) is 8.78 Å². The molecule has 2 aliphatic rings. The third kappa shape index (κ3) is 1.24. The molecule has 78 valence electrons. The van der Waals surface area contributed by atoms with E-state index >= 15 is 0 Å². The molecule has 1 amide bonds. The predicted octanol–water partition coefficient (Wildman–Crippen LogP) is 1.77. The summed E-state index contributed by atoms with van der Waals surface area (Å²) in [5, 5.41) is 2.69. The number of benzene rings is 1. The van der Waals surface area contributed by atoms with Gasteiger partial charge in [-0.05, 0) is 30.5 Å². The highest BCUT2D eigenvalue weighted by atomic mass is 19.1. The zero-order chi connectivity index (χ0) is 10.6. The number of halogens is 2. The van der Waals surface area contributed by atoms with Crippen LogP contribution in [-0.4, -0.2) is 5.91 Å². The maximum atomic E-state index is 13.4. The molecule has 1 heterocycles. The Morgan fingerprint density at radius 3 is 2.73 bits per heavy atom. The van der Waals surface area contributed by atoms with Crippen LogP contribution in [0.3, 0.4) is 0 Å². The molecule has 1 aromatic carbocycles.